The molecule has 1 amide bonds. The summed E-state index contributed by atoms with van der Waals surface area (Å²) in [6.07, 6.45) is 2.09. The molecule has 3 rings (SSSR count). The number of hydrogen-bond donors (Lipinski definition) is 2. The normalized spacial score (nSPS) is 18.3. The summed E-state index contributed by atoms with van der Waals surface area (Å²) in [7, 11) is 0. The Hall–Kier alpha value is -2.04. The Balaban J connectivity index is 1.66. The number of amides is 1. The van der Waals surface area contributed by atoms with Crippen LogP contribution in [0.3, 0.4) is 0 Å². The van der Waals surface area contributed by atoms with Gasteiger partial charge in [0.1, 0.15) is 5.75 Å². The smallest absolute Gasteiger partial charge is 0.311 e. The Morgan fingerprint density at radius 3 is 2.84 bits per heavy atom. The molecule has 19 heavy (non-hydrogen) atoms. The van der Waals surface area contributed by atoms with E-state index in [1.165, 1.54) is 0 Å². The van der Waals surface area contributed by atoms with E-state index in [0.29, 0.717) is 25.0 Å². The number of carbonyl (C=O) groups is 2. The molecule has 0 aromatic heterocycles. The highest BCUT2D eigenvalue weighted by atomic mass is 16.5. The highest BCUT2D eigenvalue weighted by molar-refractivity contribution is 5.95. The Morgan fingerprint density at radius 2 is 2.16 bits per heavy atom. The minimum atomic E-state index is -0.824. The van der Waals surface area contributed by atoms with Crippen LogP contribution in [0, 0.1) is 5.41 Å². The molecule has 1 aromatic rings. The van der Waals surface area contributed by atoms with Gasteiger partial charge in [0.2, 0.25) is 0 Å². The number of carboxylic acids is 1. The van der Waals surface area contributed by atoms with Crippen LogP contribution in [-0.4, -0.2) is 30.1 Å². The molecule has 5 nitrogen and oxygen atoms in total. The van der Waals surface area contributed by atoms with Crippen molar-refractivity contribution in [2.45, 2.75) is 19.3 Å². The first-order valence-electron chi connectivity index (χ1n) is 6.38. The molecule has 0 radical (unpaired) electrons. The maximum Gasteiger partial charge on any atom is 0.311 e. The molecule has 1 saturated carbocycles. The SMILES string of the molecule is O=C(NCC1(C(=O)O)CC1)c1ccc2c(c1)CCO2. The average molecular weight is 261 g/mol. The number of fused-ring (bicyclic) bond motifs is 1. The van der Waals surface area contributed by atoms with Gasteiger partial charge in [-0.05, 0) is 36.6 Å². The first-order chi connectivity index (χ1) is 9.11. The van der Waals surface area contributed by atoms with Crippen molar-refractivity contribution in [3.63, 3.8) is 0 Å². The van der Waals surface area contributed by atoms with Gasteiger partial charge in [-0.2, -0.15) is 0 Å². The maximum atomic E-state index is 12.0. The van der Waals surface area contributed by atoms with Crippen LogP contribution in [0.1, 0.15) is 28.8 Å². The van der Waals surface area contributed by atoms with Gasteiger partial charge in [-0.25, -0.2) is 0 Å². The lowest BCUT2D eigenvalue weighted by molar-refractivity contribution is -0.143. The second kappa shape index (κ2) is 4.26. The van der Waals surface area contributed by atoms with Crippen molar-refractivity contribution >= 4 is 11.9 Å². The number of carboxylic acid groups (broad SMARTS) is 1. The van der Waals surface area contributed by atoms with E-state index in [1.807, 2.05) is 6.07 Å². The lowest BCUT2D eigenvalue weighted by atomic mass is 10.1. The minimum Gasteiger partial charge on any atom is -0.493 e. The van der Waals surface area contributed by atoms with Crippen LogP contribution >= 0.6 is 0 Å². The number of rotatable bonds is 4. The van der Waals surface area contributed by atoms with Crippen molar-refractivity contribution in [3.8, 4) is 5.75 Å². The summed E-state index contributed by atoms with van der Waals surface area (Å²) in [4.78, 5) is 23.0. The van der Waals surface area contributed by atoms with Gasteiger partial charge in [0, 0.05) is 18.5 Å². The van der Waals surface area contributed by atoms with Gasteiger partial charge in [-0.3, -0.25) is 9.59 Å². The third kappa shape index (κ3) is 2.16. The van der Waals surface area contributed by atoms with Crippen molar-refractivity contribution in [3.05, 3.63) is 29.3 Å². The largest absolute Gasteiger partial charge is 0.493 e. The van der Waals surface area contributed by atoms with Gasteiger partial charge in [-0.15, -0.1) is 0 Å². The topological polar surface area (TPSA) is 75.6 Å². The first-order valence-corrected chi connectivity index (χ1v) is 6.38. The van der Waals surface area contributed by atoms with Gasteiger partial charge >= 0.3 is 5.97 Å². The molecule has 100 valence electrons. The minimum absolute atomic E-state index is 0.203. The van der Waals surface area contributed by atoms with Crippen molar-refractivity contribution in [2.75, 3.05) is 13.2 Å². The molecule has 2 N–H and O–H groups in total. The summed E-state index contributed by atoms with van der Waals surface area (Å²) in [6, 6.07) is 5.32. The molecule has 0 unspecified atom stereocenters. The van der Waals surface area contributed by atoms with E-state index in [2.05, 4.69) is 5.32 Å². The Labute approximate surface area is 110 Å². The molecule has 0 bridgehead atoms. The fourth-order valence-corrected chi connectivity index (χ4v) is 2.30. The zero-order valence-electron chi connectivity index (χ0n) is 10.4. The number of aliphatic carboxylic acids is 1. The van der Waals surface area contributed by atoms with E-state index in [4.69, 9.17) is 9.84 Å². The molecule has 0 saturated heterocycles. The van der Waals surface area contributed by atoms with Crippen LogP contribution in [0.15, 0.2) is 18.2 Å². The molecule has 2 aliphatic rings. The molecular formula is C14H15NO4. The number of benzene rings is 1. The summed E-state index contributed by atoms with van der Waals surface area (Å²) in [5, 5.41) is 11.8. The number of carbonyl (C=O) groups excluding carboxylic acids is 1. The highest BCUT2D eigenvalue weighted by Gasteiger charge is 2.50. The molecule has 1 heterocycles. The van der Waals surface area contributed by atoms with Gasteiger partial charge < -0.3 is 15.2 Å². The molecule has 0 spiro atoms. The molecule has 1 aliphatic carbocycles. The van der Waals surface area contributed by atoms with Gasteiger partial charge in [-0.1, -0.05) is 0 Å². The Bertz CT molecular complexity index is 548. The fraction of sp³-hybridized carbons (Fsp3) is 0.429. The predicted octanol–water partition coefficient (Wildman–Crippen LogP) is 1.22. The van der Waals surface area contributed by atoms with Gasteiger partial charge in [0.25, 0.3) is 5.91 Å². The van der Waals surface area contributed by atoms with E-state index in [9.17, 15) is 9.59 Å². The third-order valence-electron chi connectivity index (χ3n) is 3.85. The highest BCUT2D eigenvalue weighted by Crippen LogP contribution is 2.45. The number of nitrogens with one attached hydrogen (secondary N) is 1. The summed E-state index contributed by atoms with van der Waals surface area (Å²) in [5.74, 6) is -0.210. The Kier molecular flexibility index (Phi) is 2.69. The zero-order chi connectivity index (χ0) is 13.5. The zero-order valence-corrected chi connectivity index (χ0v) is 10.4. The van der Waals surface area contributed by atoms with Crippen molar-refractivity contribution in [1.82, 2.24) is 5.32 Å². The quantitative estimate of drug-likeness (QED) is 0.854. The molecule has 0 atom stereocenters. The van der Waals surface area contributed by atoms with Crippen LogP contribution in [0.25, 0.3) is 0 Å². The molecule has 1 aromatic carbocycles. The third-order valence-corrected chi connectivity index (χ3v) is 3.85. The fourth-order valence-electron chi connectivity index (χ4n) is 2.30. The van der Waals surface area contributed by atoms with E-state index >= 15 is 0 Å². The second-order valence-corrected chi connectivity index (χ2v) is 5.19. The summed E-state index contributed by atoms with van der Waals surface area (Å²) in [5.41, 5.74) is 0.868. The summed E-state index contributed by atoms with van der Waals surface area (Å²) >= 11 is 0. The summed E-state index contributed by atoms with van der Waals surface area (Å²) in [6.45, 7) is 0.858. The van der Waals surface area contributed by atoms with Gasteiger partial charge in [0.15, 0.2) is 0 Å². The number of hydrogen-bond acceptors (Lipinski definition) is 3. The average Bonchev–Trinajstić information content (AvgIpc) is 3.06. The molecule has 1 aliphatic heterocycles. The van der Waals surface area contributed by atoms with Crippen LogP contribution < -0.4 is 10.1 Å². The van der Waals surface area contributed by atoms with E-state index < -0.39 is 11.4 Å². The monoisotopic (exact) mass is 261 g/mol. The number of ether oxygens (including phenoxy) is 1. The van der Waals surface area contributed by atoms with E-state index in [0.717, 1.165) is 17.7 Å². The standard InChI is InChI=1S/C14H15NO4/c16-12(15-8-14(4-5-14)13(17)18)10-1-2-11-9(7-10)3-6-19-11/h1-2,7H,3-6,8H2,(H,15,16)(H,17,18). The maximum absolute atomic E-state index is 12.0. The van der Waals surface area contributed by atoms with E-state index in [1.54, 1.807) is 12.1 Å². The summed E-state index contributed by atoms with van der Waals surface area (Å²) < 4.78 is 5.38. The van der Waals surface area contributed by atoms with Crippen LogP contribution in [-0.2, 0) is 11.2 Å². The Morgan fingerprint density at radius 1 is 1.37 bits per heavy atom. The first kappa shape index (κ1) is 12.0. The molecular weight excluding hydrogens is 246 g/mol. The van der Waals surface area contributed by atoms with Crippen molar-refractivity contribution in [2.24, 2.45) is 5.41 Å². The molecule has 1 fully saturated rings. The molecule has 5 heteroatoms. The van der Waals surface area contributed by atoms with E-state index in [-0.39, 0.29) is 12.5 Å². The van der Waals surface area contributed by atoms with Crippen LogP contribution in [0.4, 0.5) is 0 Å². The second-order valence-electron chi connectivity index (χ2n) is 5.19. The lowest BCUT2D eigenvalue weighted by Gasteiger charge is -2.11. The lowest BCUT2D eigenvalue weighted by Crippen LogP contribution is -2.34. The van der Waals surface area contributed by atoms with Gasteiger partial charge in [0.05, 0.1) is 12.0 Å². The van der Waals surface area contributed by atoms with Crippen LogP contribution in [0.2, 0.25) is 0 Å². The van der Waals surface area contributed by atoms with Crippen molar-refractivity contribution in [1.29, 1.82) is 0 Å². The van der Waals surface area contributed by atoms with Crippen molar-refractivity contribution < 1.29 is 19.4 Å². The predicted molar refractivity (Wildman–Crippen MR) is 67.3 cm³/mol. The van der Waals surface area contributed by atoms with Crippen LogP contribution in [0.5, 0.6) is 5.75 Å².